The zero-order valence-electron chi connectivity index (χ0n) is 4.91. The predicted molar refractivity (Wildman–Crippen MR) is 39.4 cm³/mol. The highest BCUT2D eigenvalue weighted by Gasteiger charge is 1.92. The van der Waals surface area contributed by atoms with Crippen molar-refractivity contribution >= 4 is 12.6 Å². The third kappa shape index (κ3) is 1.43. The summed E-state index contributed by atoms with van der Waals surface area (Å²) in [7, 11) is 0. The lowest BCUT2D eigenvalue weighted by molar-refractivity contribution is 0.946. The minimum absolute atomic E-state index is 0.458. The van der Waals surface area contributed by atoms with Gasteiger partial charge in [-0.2, -0.15) is 0 Å². The Kier molecular flexibility index (Phi) is 2.08. The fraction of sp³-hybridized carbons (Fsp3) is 0.167. The van der Waals surface area contributed by atoms with E-state index in [4.69, 9.17) is 5.73 Å². The van der Waals surface area contributed by atoms with Gasteiger partial charge in [0.15, 0.2) is 0 Å². The molecular formula is C6H8N2S. The molecule has 0 bridgehead atoms. The second-order valence-electron chi connectivity index (χ2n) is 1.67. The molecule has 1 aromatic rings. The molecule has 0 atom stereocenters. The molecule has 9 heavy (non-hydrogen) atoms. The zero-order chi connectivity index (χ0) is 6.69. The van der Waals surface area contributed by atoms with Crippen LogP contribution in [0.3, 0.4) is 0 Å². The summed E-state index contributed by atoms with van der Waals surface area (Å²) in [5.41, 5.74) is 6.19. The first-order valence-electron chi connectivity index (χ1n) is 2.67. The van der Waals surface area contributed by atoms with E-state index in [0.29, 0.717) is 6.54 Å². The van der Waals surface area contributed by atoms with Crippen LogP contribution in [0.15, 0.2) is 23.2 Å². The average Bonchev–Trinajstić information content (AvgIpc) is 1.89. The molecule has 0 spiro atoms. The van der Waals surface area contributed by atoms with Gasteiger partial charge in [-0.25, -0.2) is 0 Å². The van der Waals surface area contributed by atoms with Crippen LogP contribution >= 0.6 is 12.6 Å². The first-order chi connectivity index (χ1) is 4.34. The summed E-state index contributed by atoms with van der Waals surface area (Å²) in [5, 5.41) is 0. The molecule has 0 radical (unpaired) electrons. The third-order valence-electron chi connectivity index (χ3n) is 1.06. The molecular weight excluding hydrogens is 132 g/mol. The van der Waals surface area contributed by atoms with Gasteiger partial charge in [-0.05, 0) is 12.1 Å². The number of thiol groups is 1. The van der Waals surface area contributed by atoms with Crippen LogP contribution in [0.25, 0.3) is 0 Å². The molecule has 1 aromatic heterocycles. The van der Waals surface area contributed by atoms with Crippen molar-refractivity contribution in [1.82, 2.24) is 4.98 Å². The number of aromatic nitrogens is 1. The summed E-state index contributed by atoms with van der Waals surface area (Å²) in [6.07, 6.45) is 1.71. The Morgan fingerprint density at radius 2 is 2.44 bits per heavy atom. The van der Waals surface area contributed by atoms with Gasteiger partial charge < -0.3 is 5.73 Å². The Balaban J connectivity index is 3.01. The molecule has 0 aliphatic heterocycles. The van der Waals surface area contributed by atoms with Gasteiger partial charge in [-0.15, -0.1) is 12.6 Å². The lowest BCUT2D eigenvalue weighted by Crippen LogP contribution is -1.99. The van der Waals surface area contributed by atoms with Crippen LogP contribution in [-0.2, 0) is 6.54 Å². The molecule has 0 aliphatic rings. The van der Waals surface area contributed by atoms with Gasteiger partial charge in [0.25, 0.3) is 0 Å². The van der Waals surface area contributed by atoms with E-state index in [1.165, 1.54) is 0 Å². The van der Waals surface area contributed by atoms with Gasteiger partial charge in [0.1, 0.15) is 0 Å². The summed E-state index contributed by atoms with van der Waals surface area (Å²) in [6, 6.07) is 3.71. The van der Waals surface area contributed by atoms with E-state index < -0.39 is 0 Å². The minimum atomic E-state index is 0.458. The topological polar surface area (TPSA) is 38.9 Å². The fourth-order valence-electron chi connectivity index (χ4n) is 0.587. The molecule has 0 aliphatic carbocycles. The zero-order valence-corrected chi connectivity index (χ0v) is 5.81. The maximum Gasteiger partial charge on any atom is 0.0672 e. The maximum absolute atomic E-state index is 5.34. The molecule has 48 valence electrons. The lowest BCUT2D eigenvalue weighted by Gasteiger charge is -1.96. The van der Waals surface area contributed by atoms with Crippen LogP contribution in [0.2, 0.25) is 0 Å². The Morgan fingerprint density at radius 1 is 1.67 bits per heavy atom. The fourth-order valence-corrected chi connectivity index (χ4v) is 0.822. The van der Waals surface area contributed by atoms with Crippen molar-refractivity contribution in [3.05, 3.63) is 24.0 Å². The normalized spacial score (nSPS) is 9.56. The summed E-state index contributed by atoms with van der Waals surface area (Å²) in [5.74, 6) is 0. The van der Waals surface area contributed by atoms with Crippen LogP contribution in [0.5, 0.6) is 0 Å². The van der Waals surface area contributed by atoms with Gasteiger partial charge in [-0.3, -0.25) is 4.98 Å². The maximum atomic E-state index is 5.34. The number of pyridine rings is 1. The summed E-state index contributed by atoms with van der Waals surface area (Å²) < 4.78 is 0. The SMILES string of the molecule is NCc1ncccc1S. The number of rotatable bonds is 1. The molecule has 3 heteroatoms. The van der Waals surface area contributed by atoms with Crippen LogP contribution < -0.4 is 5.73 Å². The van der Waals surface area contributed by atoms with E-state index in [1.807, 2.05) is 12.1 Å². The summed E-state index contributed by atoms with van der Waals surface area (Å²) in [6.45, 7) is 0.458. The van der Waals surface area contributed by atoms with Crippen molar-refractivity contribution in [2.75, 3.05) is 0 Å². The molecule has 2 nitrogen and oxygen atoms in total. The highest BCUT2D eigenvalue weighted by atomic mass is 32.1. The van der Waals surface area contributed by atoms with Crippen LogP contribution in [0.4, 0.5) is 0 Å². The Morgan fingerprint density at radius 3 is 2.89 bits per heavy atom. The van der Waals surface area contributed by atoms with Crippen molar-refractivity contribution in [3.8, 4) is 0 Å². The molecule has 2 N–H and O–H groups in total. The van der Waals surface area contributed by atoms with Gasteiger partial charge >= 0.3 is 0 Å². The number of nitrogens with two attached hydrogens (primary N) is 1. The molecule has 1 heterocycles. The first-order valence-corrected chi connectivity index (χ1v) is 3.12. The van der Waals surface area contributed by atoms with E-state index in [1.54, 1.807) is 6.20 Å². The van der Waals surface area contributed by atoms with Crippen molar-refractivity contribution in [2.45, 2.75) is 11.4 Å². The quantitative estimate of drug-likeness (QED) is 0.567. The number of hydrogen-bond donors (Lipinski definition) is 2. The standard InChI is InChI=1S/C6H8N2S/c7-4-5-6(9)2-1-3-8-5/h1-3,9H,4,7H2. The van der Waals surface area contributed by atoms with Crippen molar-refractivity contribution in [2.24, 2.45) is 5.73 Å². The highest BCUT2D eigenvalue weighted by Crippen LogP contribution is 2.07. The van der Waals surface area contributed by atoms with Crippen LogP contribution in [0.1, 0.15) is 5.69 Å². The van der Waals surface area contributed by atoms with E-state index >= 15 is 0 Å². The molecule has 0 fully saturated rings. The van der Waals surface area contributed by atoms with Crippen LogP contribution in [-0.4, -0.2) is 4.98 Å². The van der Waals surface area contributed by atoms with E-state index in [0.717, 1.165) is 10.6 Å². The van der Waals surface area contributed by atoms with E-state index in [-0.39, 0.29) is 0 Å². The third-order valence-corrected chi connectivity index (χ3v) is 1.47. The summed E-state index contributed by atoms with van der Waals surface area (Å²) in [4.78, 5) is 4.86. The minimum Gasteiger partial charge on any atom is -0.325 e. The number of hydrogen-bond acceptors (Lipinski definition) is 3. The molecule has 0 amide bonds. The first kappa shape index (κ1) is 6.58. The Hall–Kier alpha value is -0.540. The monoisotopic (exact) mass is 140 g/mol. The smallest absolute Gasteiger partial charge is 0.0672 e. The Labute approximate surface area is 59.5 Å². The van der Waals surface area contributed by atoms with Gasteiger partial charge in [0, 0.05) is 17.6 Å². The van der Waals surface area contributed by atoms with Crippen LogP contribution in [0, 0.1) is 0 Å². The number of nitrogens with zero attached hydrogens (tertiary/aromatic N) is 1. The second kappa shape index (κ2) is 2.85. The molecule has 0 aromatic carbocycles. The molecule has 1 rings (SSSR count). The highest BCUT2D eigenvalue weighted by molar-refractivity contribution is 7.80. The van der Waals surface area contributed by atoms with Gasteiger partial charge in [0.2, 0.25) is 0 Å². The van der Waals surface area contributed by atoms with Crippen molar-refractivity contribution < 1.29 is 0 Å². The second-order valence-corrected chi connectivity index (χ2v) is 2.16. The summed E-state index contributed by atoms with van der Waals surface area (Å²) >= 11 is 4.14. The van der Waals surface area contributed by atoms with Crippen molar-refractivity contribution in [1.29, 1.82) is 0 Å². The van der Waals surface area contributed by atoms with E-state index in [2.05, 4.69) is 17.6 Å². The van der Waals surface area contributed by atoms with Gasteiger partial charge in [0.05, 0.1) is 5.69 Å². The average molecular weight is 140 g/mol. The lowest BCUT2D eigenvalue weighted by atomic mass is 10.3. The predicted octanol–water partition coefficient (Wildman–Crippen LogP) is 0.829. The Bertz CT molecular complexity index is 200. The van der Waals surface area contributed by atoms with E-state index in [9.17, 15) is 0 Å². The molecule has 0 saturated heterocycles. The van der Waals surface area contributed by atoms with Crippen molar-refractivity contribution in [3.63, 3.8) is 0 Å². The molecule has 0 saturated carbocycles. The largest absolute Gasteiger partial charge is 0.325 e. The van der Waals surface area contributed by atoms with Gasteiger partial charge in [-0.1, -0.05) is 0 Å². The molecule has 0 unspecified atom stereocenters.